The zero-order chi connectivity index (χ0) is 19.1. The highest BCUT2D eigenvalue weighted by molar-refractivity contribution is 5.75. The quantitative estimate of drug-likeness (QED) is 0.705. The summed E-state index contributed by atoms with van der Waals surface area (Å²) in [5, 5.41) is 7.08. The summed E-state index contributed by atoms with van der Waals surface area (Å²) >= 11 is 0. The molecule has 1 N–H and O–H groups in total. The summed E-state index contributed by atoms with van der Waals surface area (Å²) < 4.78 is 8.15. The summed E-state index contributed by atoms with van der Waals surface area (Å²) in [4.78, 5) is 18.4. The standard InChI is InChI=1S/C20H33N5O2/c1-17(2)6-11-24-12-8-20(9-13-24)7-5-18(27-20)14-22-19(26)4-3-10-25-16-21-15-23-25/h6,15-16,18H,3-5,7-14H2,1-2H3,(H,22,26). The van der Waals surface area contributed by atoms with E-state index in [4.69, 9.17) is 4.74 Å². The summed E-state index contributed by atoms with van der Waals surface area (Å²) in [7, 11) is 0. The predicted octanol–water partition coefficient (Wildman–Crippen LogP) is 2.15. The average Bonchev–Trinajstić information content (AvgIpc) is 3.30. The van der Waals surface area contributed by atoms with Crippen LogP contribution in [-0.4, -0.2) is 63.5 Å². The number of likely N-dealkylation sites (tertiary alicyclic amines) is 1. The van der Waals surface area contributed by atoms with E-state index in [2.05, 4.69) is 40.2 Å². The third-order valence-corrected chi connectivity index (χ3v) is 5.65. The van der Waals surface area contributed by atoms with Gasteiger partial charge in [-0.2, -0.15) is 5.10 Å². The monoisotopic (exact) mass is 375 g/mol. The van der Waals surface area contributed by atoms with Crippen molar-refractivity contribution in [1.29, 1.82) is 0 Å². The molecule has 0 bridgehead atoms. The number of hydrogen-bond acceptors (Lipinski definition) is 5. The van der Waals surface area contributed by atoms with Crippen LogP contribution in [0.5, 0.6) is 0 Å². The average molecular weight is 376 g/mol. The fourth-order valence-electron chi connectivity index (χ4n) is 3.93. The number of carbonyl (C=O) groups is 1. The van der Waals surface area contributed by atoms with Crippen molar-refractivity contribution in [3.05, 3.63) is 24.3 Å². The van der Waals surface area contributed by atoms with Crippen molar-refractivity contribution >= 4 is 5.91 Å². The highest BCUT2D eigenvalue weighted by Gasteiger charge is 2.42. The third kappa shape index (κ3) is 6.14. The molecule has 0 saturated carbocycles. The van der Waals surface area contributed by atoms with Crippen LogP contribution < -0.4 is 5.32 Å². The van der Waals surface area contributed by atoms with Crippen molar-refractivity contribution in [1.82, 2.24) is 25.0 Å². The molecule has 2 aliphatic heterocycles. The van der Waals surface area contributed by atoms with E-state index in [0.717, 1.165) is 58.3 Å². The van der Waals surface area contributed by atoms with Crippen LogP contribution in [0.3, 0.4) is 0 Å². The normalized spacial score (nSPS) is 22.1. The van der Waals surface area contributed by atoms with Crippen molar-refractivity contribution in [2.24, 2.45) is 0 Å². The van der Waals surface area contributed by atoms with Gasteiger partial charge in [0.05, 0.1) is 11.7 Å². The molecule has 2 saturated heterocycles. The van der Waals surface area contributed by atoms with E-state index in [1.54, 1.807) is 11.0 Å². The van der Waals surface area contributed by atoms with E-state index in [9.17, 15) is 4.79 Å². The molecular formula is C20H33N5O2. The van der Waals surface area contributed by atoms with Crippen molar-refractivity contribution in [2.45, 2.75) is 70.6 Å². The van der Waals surface area contributed by atoms with Gasteiger partial charge >= 0.3 is 0 Å². The van der Waals surface area contributed by atoms with Gasteiger partial charge in [0.15, 0.2) is 0 Å². The number of piperidine rings is 1. The van der Waals surface area contributed by atoms with Crippen molar-refractivity contribution in [3.63, 3.8) is 0 Å². The molecule has 1 unspecified atom stereocenters. The molecule has 0 aromatic carbocycles. The van der Waals surface area contributed by atoms with E-state index in [0.29, 0.717) is 13.0 Å². The Labute approximate surface area is 162 Å². The molecule has 0 radical (unpaired) electrons. The number of nitrogens with zero attached hydrogens (tertiary/aromatic N) is 4. The first-order valence-corrected chi connectivity index (χ1v) is 10.2. The van der Waals surface area contributed by atoms with Gasteiger partial charge in [-0.05, 0) is 46.0 Å². The van der Waals surface area contributed by atoms with E-state index in [1.165, 1.54) is 11.9 Å². The van der Waals surface area contributed by atoms with Crippen molar-refractivity contribution < 1.29 is 9.53 Å². The van der Waals surface area contributed by atoms with Crippen LogP contribution in [0.15, 0.2) is 24.3 Å². The Morgan fingerprint density at radius 3 is 2.85 bits per heavy atom. The van der Waals surface area contributed by atoms with Gasteiger partial charge < -0.3 is 10.1 Å². The van der Waals surface area contributed by atoms with Gasteiger partial charge in [0.25, 0.3) is 0 Å². The van der Waals surface area contributed by atoms with Crippen molar-refractivity contribution in [3.8, 4) is 0 Å². The lowest BCUT2D eigenvalue weighted by atomic mass is 9.88. The van der Waals surface area contributed by atoms with Gasteiger partial charge in [0, 0.05) is 39.1 Å². The Balaban J connectivity index is 1.31. The Morgan fingerprint density at radius 1 is 1.33 bits per heavy atom. The van der Waals surface area contributed by atoms with Crippen LogP contribution in [0.4, 0.5) is 0 Å². The number of nitrogens with one attached hydrogen (secondary N) is 1. The van der Waals surface area contributed by atoms with Gasteiger partial charge in [0.1, 0.15) is 12.7 Å². The lowest BCUT2D eigenvalue weighted by molar-refractivity contribution is -0.122. The van der Waals surface area contributed by atoms with Gasteiger partial charge in [-0.3, -0.25) is 14.4 Å². The molecule has 7 heteroatoms. The fourth-order valence-corrected chi connectivity index (χ4v) is 3.93. The second kappa shape index (κ2) is 9.46. The Bertz CT molecular complexity index is 616. The molecule has 3 heterocycles. The Kier molecular flexibility index (Phi) is 7.01. The lowest BCUT2D eigenvalue weighted by Crippen LogP contribution is -2.45. The smallest absolute Gasteiger partial charge is 0.220 e. The summed E-state index contributed by atoms with van der Waals surface area (Å²) in [6.45, 7) is 8.91. The topological polar surface area (TPSA) is 72.3 Å². The molecule has 7 nitrogen and oxygen atoms in total. The maximum absolute atomic E-state index is 12.0. The molecule has 3 rings (SSSR count). The largest absolute Gasteiger partial charge is 0.370 e. The van der Waals surface area contributed by atoms with Crippen LogP contribution in [-0.2, 0) is 16.1 Å². The van der Waals surface area contributed by atoms with Crippen LogP contribution in [0, 0.1) is 0 Å². The first-order chi connectivity index (χ1) is 13.0. The fraction of sp³-hybridized carbons (Fsp3) is 0.750. The molecule has 1 aromatic heterocycles. The predicted molar refractivity (Wildman–Crippen MR) is 104 cm³/mol. The zero-order valence-electron chi connectivity index (χ0n) is 16.7. The summed E-state index contributed by atoms with van der Waals surface area (Å²) in [5.74, 6) is 0.0937. The molecule has 1 atom stereocenters. The summed E-state index contributed by atoms with van der Waals surface area (Å²) in [6.07, 6.45) is 11.3. The molecule has 1 amide bonds. The lowest BCUT2D eigenvalue weighted by Gasteiger charge is -2.39. The number of amides is 1. The second-order valence-corrected chi connectivity index (χ2v) is 8.11. The summed E-state index contributed by atoms with van der Waals surface area (Å²) in [5.41, 5.74) is 1.42. The van der Waals surface area contributed by atoms with Crippen LogP contribution in [0.2, 0.25) is 0 Å². The highest BCUT2D eigenvalue weighted by Crippen LogP contribution is 2.38. The maximum atomic E-state index is 12.0. The molecule has 2 aliphatic rings. The minimum Gasteiger partial charge on any atom is -0.370 e. The Hall–Kier alpha value is -1.73. The van der Waals surface area contributed by atoms with Gasteiger partial charge in [-0.15, -0.1) is 0 Å². The molecule has 150 valence electrons. The molecule has 1 spiro atoms. The third-order valence-electron chi connectivity index (χ3n) is 5.65. The van der Waals surface area contributed by atoms with Gasteiger partial charge in [-0.1, -0.05) is 11.6 Å². The SMILES string of the molecule is CC(C)=CCN1CCC2(CCC(CNC(=O)CCCn3cncn3)O2)CC1. The van der Waals surface area contributed by atoms with Crippen LogP contribution in [0.25, 0.3) is 0 Å². The first-order valence-electron chi connectivity index (χ1n) is 10.2. The molecular weight excluding hydrogens is 342 g/mol. The highest BCUT2D eigenvalue weighted by atomic mass is 16.5. The van der Waals surface area contributed by atoms with Crippen molar-refractivity contribution in [2.75, 3.05) is 26.2 Å². The first kappa shape index (κ1) is 20.0. The number of rotatable bonds is 8. The van der Waals surface area contributed by atoms with E-state index < -0.39 is 0 Å². The number of carbonyl (C=O) groups excluding carboxylic acids is 1. The maximum Gasteiger partial charge on any atom is 0.220 e. The van der Waals surface area contributed by atoms with Crippen LogP contribution >= 0.6 is 0 Å². The van der Waals surface area contributed by atoms with Crippen LogP contribution in [0.1, 0.15) is 52.4 Å². The molecule has 2 fully saturated rings. The minimum atomic E-state index is 0.0456. The van der Waals surface area contributed by atoms with E-state index in [1.807, 2.05) is 0 Å². The Morgan fingerprint density at radius 2 is 2.15 bits per heavy atom. The number of ether oxygens (including phenoxy) is 1. The zero-order valence-corrected chi connectivity index (χ0v) is 16.7. The van der Waals surface area contributed by atoms with Gasteiger partial charge in [-0.25, -0.2) is 4.98 Å². The van der Waals surface area contributed by atoms with E-state index >= 15 is 0 Å². The number of allylic oxidation sites excluding steroid dienone is 1. The van der Waals surface area contributed by atoms with E-state index in [-0.39, 0.29) is 17.6 Å². The second-order valence-electron chi connectivity index (χ2n) is 8.11. The number of hydrogen-bond donors (Lipinski definition) is 1. The van der Waals surface area contributed by atoms with Gasteiger partial charge in [0.2, 0.25) is 5.91 Å². The summed E-state index contributed by atoms with van der Waals surface area (Å²) in [6, 6.07) is 0. The molecule has 27 heavy (non-hydrogen) atoms. The number of aryl methyl sites for hydroxylation is 1. The number of aromatic nitrogens is 3. The molecule has 0 aliphatic carbocycles. The molecule has 1 aromatic rings. The minimum absolute atomic E-state index is 0.0456.